The first-order chi connectivity index (χ1) is 14.9. The zero-order valence-corrected chi connectivity index (χ0v) is 17.2. The van der Waals surface area contributed by atoms with E-state index in [0.717, 1.165) is 17.7 Å². The van der Waals surface area contributed by atoms with Gasteiger partial charge in [0.1, 0.15) is 13.2 Å². The highest BCUT2D eigenvalue weighted by Crippen LogP contribution is 2.41. The van der Waals surface area contributed by atoms with Crippen molar-refractivity contribution in [3.63, 3.8) is 0 Å². The Labute approximate surface area is 180 Å². The van der Waals surface area contributed by atoms with Gasteiger partial charge in [0.25, 0.3) is 15.8 Å². The molecule has 172 valence electrons. The van der Waals surface area contributed by atoms with E-state index in [2.05, 4.69) is 0 Å². The molecule has 0 saturated carbocycles. The van der Waals surface area contributed by atoms with E-state index in [9.17, 15) is 36.5 Å². The predicted molar refractivity (Wildman–Crippen MR) is 102 cm³/mol. The molecule has 9 nitrogen and oxygen atoms in total. The molecule has 3 rings (SSSR count). The van der Waals surface area contributed by atoms with Gasteiger partial charge >= 0.3 is 6.18 Å². The second-order valence-corrected chi connectivity index (χ2v) is 8.46. The number of fused-ring (bicyclic) bond motifs is 1. The molecule has 0 fully saturated rings. The van der Waals surface area contributed by atoms with Crippen LogP contribution in [0.15, 0.2) is 41.3 Å². The van der Waals surface area contributed by atoms with Gasteiger partial charge in [0.15, 0.2) is 17.6 Å². The molecular weight excluding hydrogens is 459 g/mol. The average molecular weight is 475 g/mol. The largest absolute Gasteiger partial charge is 0.486 e. The molecule has 0 radical (unpaired) electrons. The first kappa shape index (κ1) is 23.5. The summed E-state index contributed by atoms with van der Waals surface area (Å²) in [5.74, 6) is -2.76. The highest BCUT2D eigenvalue weighted by Gasteiger charge is 2.41. The van der Waals surface area contributed by atoms with E-state index in [1.54, 1.807) is 19.1 Å². The van der Waals surface area contributed by atoms with Gasteiger partial charge in [-0.3, -0.25) is 19.1 Å². The second kappa shape index (κ2) is 8.74. The van der Waals surface area contributed by atoms with Crippen molar-refractivity contribution < 1.29 is 45.0 Å². The minimum atomic E-state index is -5.21. The number of aryl methyl sites for hydroxylation is 1. The number of ether oxygens (including phenoxy) is 2. The Bertz CT molecular complexity index is 1150. The molecule has 0 spiro atoms. The number of ketones is 1. The van der Waals surface area contributed by atoms with E-state index < -0.39 is 63.1 Å². The molecule has 13 heteroatoms. The summed E-state index contributed by atoms with van der Waals surface area (Å²) in [6.07, 6.45) is -7.68. The molecule has 1 heterocycles. The molecule has 1 atom stereocenters. The molecule has 1 aliphatic rings. The molecule has 2 aromatic rings. The van der Waals surface area contributed by atoms with Crippen molar-refractivity contribution in [3.8, 4) is 11.5 Å². The van der Waals surface area contributed by atoms with Crippen LogP contribution in [0.3, 0.4) is 0 Å². The van der Waals surface area contributed by atoms with Gasteiger partial charge in [0.2, 0.25) is 5.78 Å². The first-order valence-corrected chi connectivity index (χ1v) is 10.4. The summed E-state index contributed by atoms with van der Waals surface area (Å²) in [5, 5.41) is 11.3. The van der Waals surface area contributed by atoms with Crippen molar-refractivity contribution in [2.45, 2.75) is 30.5 Å². The van der Waals surface area contributed by atoms with Crippen LogP contribution in [0.4, 0.5) is 18.9 Å². The second-order valence-electron chi connectivity index (χ2n) is 6.85. The van der Waals surface area contributed by atoms with Crippen molar-refractivity contribution in [3.05, 3.63) is 57.6 Å². The number of nitro benzene ring substituents is 1. The van der Waals surface area contributed by atoms with Crippen LogP contribution in [0.5, 0.6) is 11.5 Å². The Kier molecular flexibility index (Phi) is 6.41. The maximum atomic E-state index is 12.7. The molecule has 2 aromatic carbocycles. The maximum absolute atomic E-state index is 12.7. The van der Waals surface area contributed by atoms with Gasteiger partial charge in [0.05, 0.1) is 21.8 Å². The smallest absolute Gasteiger partial charge is 0.450 e. The summed E-state index contributed by atoms with van der Waals surface area (Å²) in [6, 6.07) is 7.82. The number of Topliss-reactive ketones (excluding diaryl/α,β-unsaturated/α-hetero) is 1. The Morgan fingerprint density at radius 1 is 1.22 bits per heavy atom. The van der Waals surface area contributed by atoms with Crippen molar-refractivity contribution in [2.75, 3.05) is 13.2 Å². The molecule has 32 heavy (non-hydrogen) atoms. The number of halogens is 3. The van der Waals surface area contributed by atoms with Gasteiger partial charge in [-0.1, -0.05) is 17.7 Å². The van der Waals surface area contributed by atoms with Crippen LogP contribution in [-0.2, 0) is 25.5 Å². The van der Waals surface area contributed by atoms with Gasteiger partial charge in [0, 0.05) is 6.07 Å². The third kappa shape index (κ3) is 5.16. The Morgan fingerprint density at radius 3 is 2.47 bits per heavy atom. The molecule has 0 saturated heterocycles. The van der Waals surface area contributed by atoms with Crippen LogP contribution in [0.2, 0.25) is 0 Å². The Hall–Kier alpha value is -3.19. The highest BCUT2D eigenvalue weighted by atomic mass is 32.2. The summed E-state index contributed by atoms with van der Waals surface area (Å²) in [7, 11) is -4.17. The number of rotatable bonds is 7. The molecular formula is C19H16F3NO8S. The van der Waals surface area contributed by atoms with E-state index in [1.807, 2.05) is 0 Å². The number of carbonyl (C=O) groups is 1. The Balaban J connectivity index is 1.83. The summed E-state index contributed by atoms with van der Waals surface area (Å²) in [5.41, 5.74) is -0.563. The molecule has 0 aromatic heterocycles. The first-order valence-electron chi connectivity index (χ1n) is 9.04. The molecule has 0 aliphatic carbocycles. The Morgan fingerprint density at radius 2 is 1.88 bits per heavy atom. The topological polar surface area (TPSA) is 122 Å². The van der Waals surface area contributed by atoms with Crippen LogP contribution in [0.1, 0.15) is 11.1 Å². The normalized spacial score (nSPS) is 15.9. The summed E-state index contributed by atoms with van der Waals surface area (Å²) in [6.45, 7) is 0.952. The van der Waals surface area contributed by atoms with E-state index in [-0.39, 0.29) is 17.3 Å². The summed E-state index contributed by atoms with van der Waals surface area (Å²) in [4.78, 5) is 21.7. The third-order valence-corrected chi connectivity index (χ3v) is 5.77. The van der Waals surface area contributed by atoms with Crippen LogP contribution >= 0.6 is 0 Å². The van der Waals surface area contributed by atoms with Crippen molar-refractivity contribution in [2.24, 2.45) is 0 Å². The van der Waals surface area contributed by atoms with E-state index in [4.69, 9.17) is 13.7 Å². The lowest BCUT2D eigenvalue weighted by Crippen LogP contribution is -2.35. The number of benzene rings is 2. The molecule has 1 aliphatic heterocycles. The molecule has 0 amide bonds. The fourth-order valence-corrected chi connectivity index (χ4v) is 3.78. The van der Waals surface area contributed by atoms with Gasteiger partial charge in [-0.2, -0.15) is 21.6 Å². The van der Waals surface area contributed by atoms with Crippen LogP contribution in [0.25, 0.3) is 0 Å². The maximum Gasteiger partial charge on any atom is 0.450 e. The quantitative estimate of drug-likeness (QED) is 0.340. The molecule has 0 N–H and O–H groups in total. The van der Waals surface area contributed by atoms with Crippen molar-refractivity contribution in [1.29, 1.82) is 0 Å². The number of hydrogen-bond acceptors (Lipinski definition) is 8. The summed E-state index contributed by atoms with van der Waals surface area (Å²) < 4.78 is 78.6. The zero-order valence-electron chi connectivity index (χ0n) is 16.4. The number of hydrogen-bond donors (Lipinski definition) is 0. The fourth-order valence-electron chi connectivity index (χ4n) is 2.85. The number of nitrogens with zero attached hydrogens (tertiary/aromatic N) is 1. The van der Waals surface area contributed by atoms with Gasteiger partial charge in [-0.05, 0) is 25.1 Å². The van der Waals surface area contributed by atoms with E-state index in [1.165, 1.54) is 12.1 Å². The number of nitro groups is 1. The minimum Gasteiger partial charge on any atom is -0.486 e. The van der Waals surface area contributed by atoms with Crippen LogP contribution in [0, 0.1) is 17.0 Å². The van der Waals surface area contributed by atoms with Crippen LogP contribution < -0.4 is 9.47 Å². The summed E-state index contributed by atoms with van der Waals surface area (Å²) >= 11 is 0. The molecule has 0 bridgehead atoms. The fraction of sp³-hybridized carbons (Fsp3) is 0.316. The standard InChI is InChI=1S/C19H16F3NO8S/c1-11-2-4-13(5-3-11)32(27,28)30-10-12-9-29-16-7-6-15(23(25)26)14(18(16)31-12)8-17(24)19(20,21)22/h2-7,12H,8-10H2,1H3. The van der Waals surface area contributed by atoms with Gasteiger partial charge in [-0.25, -0.2) is 0 Å². The molecule has 1 unspecified atom stereocenters. The monoisotopic (exact) mass is 475 g/mol. The van der Waals surface area contributed by atoms with Crippen molar-refractivity contribution >= 4 is 21.6 Å². The zero-order chi connectivity index (χ0) is 23.7. The lowest BCUT2D eigenvalue weighted by Gasteiger charge is -2.27. The van der Waals surface area contributed by atoms with Gasteiger partial charge in [-0.15, -0.1) is 0 Å². The predicted octanol–water partition coefficient (Wildman–Crippen LogP) is 3.12. The minimum absolute atomic E-state index is 0.113. The van der Waals surface area contributed by atoms with Crippen molar-refractivity contribution in [1.82, 2.24) is 0 Å². The van der Waals surface area contributed by atoms with E-state index in [0.29, 0.717) is 0 Å². The third-order valence-electron chi connectivity index (χ3n) is 4.48. The average Bonchev–Trinajstić information content (AvgIpc) is 2.72. The lowest BCUT2D eigenvalue weighted by molar-refractivity contribution is -0.385. The van der Waals surface area contributed by atoms with E-state index >= 15 is 0 Å². The SMILES string of the molecule is Cc1ccc(S(=O)(=O)OCC2COc3ccc([N+](=O)[O-])c(CC(=O)C(F)(F)F)c3O2)cc1. The number of carbonyl (C=O) groups excluding carboxylic acids is 1. The van der Waals surface area contributed by atoms with Crippen LogP contribution in [-0.4, -0.2) is 44.6 Å². The highest BCUT2D eigenvalue weighted by molar-refractivity contribution is 7.86. The van der Waals surface area contributed by atoms with Gasteiger partial charge < -0.3 is 9.47 Å². The number of alkyl halides is 3. The lowest BCUT2D eigenvalue weighted by atomic mass is 10.0.